The predicted octanol–water partition coefficient (Wildman–Crippen LogP) is 0.431. The average Bonchev–Trinajstić information content (AvgIpc) is 2.73. The SMILES string of the molecule is COC(=O)N[C@H](C(=O)N[C@@H](CCCNC(N)=O)C(=O)Nc1ccc(CO)cc1)C(C)C. The third-order valence-corrected chi connectivity index (χ3v) is 4.41. The van der Waals surface area contributed by atoms with Gasteiger partial charge < -0.3 is 36.8 Å². The number of primary amides is 1. The van der Waals surface area contributed by atoms with Crippen LogP contribution in [0.15, 0.2) is 24.3 Å². The van der Waals surface area contributed by atoms with Crippen molar-refractivity contribution < 1.29 is 29.0 Å². The molecule has 0 aromatic heterocycles. The maximum Gasteiger partial charge on any atom is 0.407 e. The maximum absolute atomic E-state index is 12.8. The second-order valence-electron chi connectivity index (χ2n) is 7.20. The summed E-state index contributed by atoms with van der Waals surface area (Å²) in [5, 5.41) is 19.4. The van der Waals surface area contributed by atoms with Crippen molar-refractivity contribution in [1.29, 1.82) is 0 Å². The van der Waals surface area contributed by atoms with Crippen molar-refractivity contribution in [2.75, 3.05) is 19.0 Å². The van der Waals surface area contributed by atoms with E-state index in [-0.39, 0.29) is 25.5 Å². The molecule has 0 unspecified atom stereocenters. The zero-order valence-corrected chi connectivity index (χ0v) is 17.9. The molecule has 0 bridgehead atoms. The monoisotopic (exact) mass is 437 g/mol. The molecule has 11 nitrogen and oxygen atoms in total. The van der Waals surface area contributed by atoms with Crippen LogP contribution in [-0.4, -0.2) is 54.8 Å². The lowest BCUT2D eigenvalue weighted by atomic mass is 10.0. The fourth-order valence-corrected chi connectivity index (χ4v) is 2.69. The lowest BCUT2D eigenvalue weighted by Gasteiger charge is -2.25. The number of urea groups is 1. The van der Waals surface area contributed by atoms with Crippen molar-refractivity contribution in [3.63, 3.8) is 0 Å². The van der Waals surface area contributed by atoms with Gasteiger partial charge in [0.25, 0.3) is 0 Å². The second kappa shape index (κ2) is 13.1. The summed E-state index contributed by atoms with van der Waals surface area (Å²) in [6.45, 7) is 3.60. The molecular weight excluding hydrogens is 406 g/mol. The average molecular weight is 437 g/mol. The Hall–Kier alpha value is -3.34. The van der Waals surface area contributed by atoms with Gasteiger partial charge in [0.05, 0.1) is 13.7 Å². The van der Waals surface area contributed by atoms with Crippen molar-refractivity contribution in [2.45, 2.75) is 45.4 Å². The predicted molar refractivity (Wildman–Crippen MR) is 114 cm³/mol. The van der Waals surface area contributed by atoms with E-state index < -0.39 is 36.0 Å². The number of anilines is 1. The van der Waals surface area contributed by atoms with E-state index in [9.17, 15) is 19.2 Å². The Bertz CT molecular complexity index is 753. The molecule has 0 saturated heterocycles. The van der Waals surface area contributed by atoms with Crippen LogP contribution in [0.25, 0.3) is 0 Å². The van der Waals surface area contributed by atoms with Gasteiger partial charge >= 0.3 is 12.1 Å². The molecule has 0 aliphatic carbocycles. The van der Waals surface area contributed by atoms with Gasteiger partial charge in [0, 0.05) is 12.2 Å². The quantitative estimate of drug-likeness (QED) is 0.274. The van der Waals surface area contributed by atoms with Crippen molar-refractivity contribution in [3.05, 3.63) is 29.8 Å². The van der Waals surface area contributed by atoms with Gasteiger partial charge in [-0.1, -0.05) is 26.0 Å². The molecule has 0 radical (unpaired) electrons. The first kappa shape index (κ1) is 25.7. The molecule has 31 heavy (non-hydrogen) atoms. The number of nitrogens with two attached hydrogens (primary N) is 1. The number of amides is 5. The molecule has 7 N–H and O–H groups in total. The van der Waals surface area contributed by atoms with E-state index >= 15 is 0 Å². The third kappa shape index (κ3) is 9.34. The van der Waals surface area contributed by atoms with Gasteiger partial charge in [-0.25, -0.2) is 9.59 Å². The Kier molecular flexibility index (Phi) is 10.8. The standard InChI is InChI=1S/C20H31N5O6/c1-12(2)16(25-20(30)31-3)18(28)24-15(5-4-10-22-19(21)29)17(27)23-14-8-6-13(11-26)7-9-14/h6-9,12,15-16,26H,4-5,10-11H2,1-3H3,(H,23,27)(H,24,28)(H,25,30)(H3,21,22,29)/t15-,16-/m0/s1. The minimum absolute atomic E-state index is 0.121. The third-order valence-electron chi connectivity index (χ3n) is 4.41. The van der Waals surface area contributed by atoms with Crippen LogP contribution in [0.3, 0.4) is 0 Å². The number of nitrogens with one attached hydrogen (secondary N) is 4. The number of ether oxygens (including phenoxy) is 1. The number of aliphatic hydroxyl groups excluding tert-OH is 1. The van der Waals surface area contributed by atoms with Gasteiger partial charge in [0.15, 0.2) is 0 Å². The van der Waals surface area contributed by atoms with Gasteiger partial charge in [0.2, 0.25) is 11.8 Å². The Morgan fingerprint density at radius 3 is 2.23 bits per heavy atom. The molecule has 0 aliphatic rings. The highest BCUT2D eigenvalue weighted by atomic mass is 16.5. The van der Waals surface area contributed by atoms with Crippen molar-refractivity contribution >= 4 is 29.6 Å². The van der Waals surface area contributed by atoms with Crippen molar-refractivity contribution in [2.24, 2.45) is 11.7 Å². The summed E-state index contributed by atoms with van der Waals surface area (Å²) in [6.07, 6.45) is -0.165. The minimum atomic E-state index is -0.930. The van der Waals surface area contributed by atoms with Crippen molar-refractivity contribution in [3.8, 4) is 0 Å². The van der Waals surface area contributed by atoms with E-state index in [4.69, 9.17) is 10.8 Å². The summed E-state index contributed by atoms with van der Waals surface area (Å²) in [6, 6.07) is 4.07. The Morgan fingerprint density at radius 2 is 1.71 bits per heavy atom. The maximum atomic E-state index is 12.8. The van der Waals surface area contributed by atoms with Crippen LogP contribution in [0.5, 0.6) is 0 Å². The minimum Gasteiger partial charge on any atom is -0.453 e. The molecule has 11 heteroatoms. The molecule has 0 aliphatic heterocycles. The topological polar surface area (TPSA) is 172 Å². The smallest absolute Gasteiger partial charge is 0.407 e. The first-order valence-corrected chi connectivity index (χ1v) is 9.86. The van der Waals surface area contributed by atoms with E-state index in [0.717, 1.165) is 0 Å². The van der Waals surface area contributed by atoms with Crippen LogP contribution in [-0.2, 0) is 20.9 Å². The highest BCUT2D eigenvalue weighted by Crippen LogP contribution is 2.12. The van der Waals surface area contributed by atoms with Crippen LogP contribution in [0.4, 0.5) is 15.3 Å². The zero-order valence-electron chi connectivity index (χ0n) is 17.9. The van der Waals surface area contributed by atoms with Gasteiger partial charge in [-0.15, -0.1) is 0 Å². The second-order valence-corrected chi connectivity index (χ2v) is 7.20. The number of carbonyl (C=O) groups excluding carboxylic acids is 4. The largest absolute Gasteiger partial charge is 0.453 e. The summed E-state index contributed by atoms with van der Waals surface area (Å²) in [7, 11) is 1.19. The Labute approximate surface area is 181 Å². The molecule has 1 aromatic rings. The number of carbonyl (C=O) groups is 4. The summed E-state index contributed by atoms with van der Waals surface area (Å²) in [5.74, 6) is -1.27. The molecule has 0 heterocycles. The van der Waals surface area contributed by atoms with Crippen LogP contribution in [0.1, 0.15) is 32.3 Å². The van der Waals surface area contributed by atoms with Gasteiger partial charge in [-0.3, -0.25) is 9.59 Å². The number of rotatable bonds is 11. The number of benzene rings is 1. The molecule has 1 rings (SSSR count). The number of aliphatic hydroxyl groups is 1. The fraction of sp³-hybridized carbons (Fsp3) is 0.500. The molecule has 0 fully saturated rings. The lowest BCUT2D eigenvalue weighted by Crippen LogP contribution is -2.54. The number of alkyl carbamates (subject to hydrolysis) is 1. The Morgan fingerprint density at radius 1 is 1.06 bits per heavy atom. The Balaban J connectivity index is 2.89. The zero-order chi connectivity index (χ0) is 23.4. The molecular formula is C20H31N5O6. The molecule has 172 valence electrons. The van der Waals surface area contributed by atoms with E-state index in [2.05, 4.69) is 26.0 Å². The van der Waals surface area contributed by atoms with Gasteiger partial charge in [0.1, 0.15) is 12.1 Å². The molecule has 0 saturated carbocycles. The molecule has 5 amide bonds. The van der Waals surface area contributed by atoms with Crippen LogP contribution < -0.4 is 27.0 Å². The van der Waals surface area contributed by atoms with Crippen LogP contribution in [0.2, 0.25) is 0 Å². The normalized spacial score (nSPS) is 12.4. The summed E-state index contributed by atoms with van der Waals surface area (Å²) in [5.41, 5.74) is 6.22. The number of hydrogen-bond donors (Lipinski definition) is 6. The number of hydrogen-bond acceptors (Lipinski definition) is 6. The first-order chi connectivity index (χ1) is 14.7. The van der Waals surface area contributed by atoms with Crippen molar-refractivity contribution in [1.82, 2.24) is 16.0 Å². The van der Waals surface area contributed by atoms with Crippen LogP contribution >= 0.6 is 0 Å². The van der Waals surface area contributed by atoms with E-state index in [0.29, 0.717) is 17.7 Å². The number of methoxy groups -OCH3 is 1. The van der Waals surface area contributed by atoms with Crippen LogP contribution in [0, 0.1) is 5.92 Å². The molecule has 1 aromatic carbocycles. The fourth-order valence-electron chi connectivity index (χ4n) is 2.69. The molecule has 0 spiro atoms. The summed E-state index contributed by atoms with van der Waals surface area (Å²) < 4.78 is 4.55. The molecule has 2 atom stereocenters. The summed E-state index contributed by atoms with van der Waals surface area (Å²) >= 11 is 0. The van der Waals surface area contributed by atoms with Gasteiger partial charge in [-0.2, -0.15) is 0 Å². The van der Waals surface area contributed by atoms with E-state index in [1.165, 1.54) is 7.11 Å². The summed E-state index contributed by atoms with van der Waals surface area (Å²) in [4.78, 5) is 47.9. The van der Waals surface area contributed by atoms with E-state index in [1.54, 1.807) is 38.1 Å². The highest BCUT2D eigenvalue weighted by molar-refractivity contribution is 5.98. The highest BCUT2D eigenvalue weighted by Gasteiger charge is 2.29. The first-order valence-electron chi connectivity index (χ1n) is 9.86. The van der Waals surface area contributed by atoms with E-state index in [1.807, 2.05) is 0 Å². The lowest BCUT2D eigenvalue weighted by molar-refractivity contribution is -0.128. The van der Waals surface area contributed by atoms with Gasteiger partial charge in [-0.05, 0) is 36.5 Å².